The van der Waals surface area contributed by atoms with Crippen molar-refractivity contribution in [2.75, 3.05) is 6.61 Å². The Balaban J connectivity index is 2.18. The molecule has 7 nitrogen and oxygen atoms in total. The molecular weight excluding hydrogens is 280 g/mol. The number of rotatable bonds is 7. The lowest BCUT2D eigenvalue weighted by atomic mass is 10.1. The summed E-state index contributed by atoms with van der Waals surface area (Å²) in [6.07, 6.45) is 5.11. The Bertz CT molecular complexity index is 673. The number of nitrogens with one attached hydrogen (secondary N) is 1. The molecule has 112 valence electrons. The summed E-state index contributed by atoms with van der Waals surface area (Å²) in [6.45, 7) is 5.77. The van der Waals surface area contributed by atoms with E-state index in [1.807, 2.05) is 43.3 Å². The number of aromatic nitrogens is 4. The topological polar surface area (TPSA) is 88.4 Å². The standard InChI is InChI=1S/C15H16N6O/c1-3-10-16-13(4-2)11-22-19-14(15-17-20-21-18-15)12-8-6-5-7-9-12/h3-10H,2,11H2,1H3,(H,17,18,20,21)/b10-3-,16-13?,19-14?. The van der Waals surface area contributed by atoms with Gasteiger partial charge in [0.2, 0.25) is 5.82 Å². The lowest BCUT2D eigenvalue weighted by Crippen LogP contribution is -2.09. The Morgan fingerprint density at radius 1 is 1.36 bits per heavy atom. The number of tetrazole rings is 1. The molecule has 1 aromatic heterocycles. The first-order valence-electron chi connectivity index (χ1n) is 6.64. The molecule has 1 N–H and O–H groups in total. The number of aliphatic imine (C=N–C) groups is 1. The molecule has 22 heavy (non-hydrogen) atoms. The van der Waals surface area contributed by atoms with E-state index in [2.05, 4.69) is 37.4 Å². The molecule has 2 aromatic rings. The molecule has 0 amide bonds. The number of allylic oxidation sites excluding steroid dienone is 1. The highest BCUT2D eigenvalue weighted by Gasteiger charge is 2.12. The van der Waals surface area contributed by atoms with Crippen LogP contribution in [0.15, 0.2) is 65.4 Å². The van der Waals surface area contributed by atoms with Crippen LogP contribution in [0.5, 0.6) is 0 Å². The number of H-pyrrole nitrogens is 1. The predicted octanol–water partition coefficient (Wildman–Crippen LogP) is 2.13. The summed E-state index contributed by atoms with van der Waals surface area (Å²) in [7, 11) is 0. The third kappa shape index (κ3) is 4.20. The molecule has 0 bridgehead atoms. The third-order valence-corrected chi connectivity index (χ3v) is 2.60. The number of hydrogen-bond donors (Lipinski definition) is 1. The summed E-state index contributed by atoms with van der Waals surface area (Å²) in [5.74, 6) is 0.358. The number of nitrogens with zero attached hydrogens (tertiary/aromatic N) is 5. The first-order valence-corrected chi connectivity index (χ1v) is 6.64. The van der Waals surface area contributed by atoms with Gasteiger partial charge in [-0.25, -0.2) is 0 Å². The van der Waals surface area contributed by atoms with Crippen LogP contribution >= 0.6 is 0 Å². The molecule has 2 rings (SSSR count). The van der Waals surface area contributed by atoms with Crippen molar-refractivity contribution >= 4 is 11.4 Å². The SMILES string of the molecule is C=CC(CON=C(c1ccccc1)c1nn[nH]n1)=N/C=C\C. The van der Waals surface area contributed by atoms with Gasteiger partial charge in [0.15, 0.2) is 12.3 Å². The van der Waals surface area contributed by atoms with E-state index >= 15 is 0 Å². The summed E-state index contributed by atoms with van der Waals surface area (Å²) in [5, 5.41) is 17.9. The molecule has 0 radical (unpaired) electrons. The molecule has 0 saturated heterocycles. The van der Waals surface area contributed by atoms with Crippen molar-refractivity contribution in [3.8, 4) is 0 Å². The fourth-order valence-electron chi connectivity index (χ4n) is 1.56. The highest BCUT2D eigenvalue weighted by atomic mass is 16.6. The van der Waals surface area contributed by atoms with Gasteiger partial charge in [-0.2, -0.15) is 5.21 Å². The maximum Gasteiger partial charge on any atom is 0.226 e. The van der Waals surface area contributed by atoms with Crippen molar-refractivity contribution in [3.63, 3.8) is 0 Å². The van der Waals surface area contributed by atoms with Crippen LogP contribution in [-0.2, 0) is 4.84 Å². The van der Waals surface area contributed by atoms with Gasteiger partial charge >= 0.3 is 0 Å². The Labute approximate surface area is 128 Å². The third-order valence-electron chi connectivity index (χ3n) is 2.60. The van der Waals surface area contributed by atoms with Crippen molar-refractivity contribution in [1.29, 1.82) is 0 Å². The van der Waals surface area contributed by atoms with E-state index in [-0.39, 0.29) is 6.61 Å². The summed E-state index contributed by atoms with van der Waals surface area (Å²) < 4.78 is 0. The van der Waals surface area contributed by atoms with Gasteiger partial charge in [-0.05, 0) is 18.2 Å². The zero-order chi connectivity index (χ0) is 15.6. The van der Waals surface area contributed by atoms with Gasteiger partial charge in [-0.3, -0.25) is 4.99 Å². The zero-order valence-corrected chi connectivity index (χ0v) is 12.2. The molecular formula is C15H16N6O. The lowest BCUT2D eigenvalue weighted by Gasteiger charge is -2.03. The molecule has 0 saturated carbocycles. The average molecular weight is 296 g/mol. The van der Waals surface area contributed by atoms with E-state index in [4.69, 9.17) is 4.84 Å². The van der Waals surface area contributed by atoms with Crippen LogP contribution in [0.2, 0.25) is 0 Å². The van der Waals surface area contributed by atoms with Crippen LogP contribution in [0, 0.1) is 0 Å². The highest BCUT2D eigenvalue weighted by Crippen LogP contribution is 2.06. The Kier molecular flexibility index (Phi) is 5.74. The van der Waals surface area contributed by atoms with Crippen LogP contribution in [0.25, 0.3) is 0 Å². The van der Waals surface area contributed by atoms with Gasteiger partial charge in [0.1, 0.15) is 0 Å². The number of hydrogen-bond acceptors (Lipinski definition) is 6. The molecule has 0 aliphatic rings. The zero-order valence-electron chi connectivity index (χ0n) is 12.2. The van der Waals surface area contributed by atoms with Crippen LogP contribution in [0.1, 0.15) is 18.3 Å². The van der Waals surface area contributed by atoms with Crippen LogP contribution in [0.4, 0.5) is 0 Å². The molecule has 0 fully saturated rings. The number of benzene rings is 1. The molecule has 1 aromatic carbocycles. The van der Waals surface area contributed by atoms with E-state index in [1.54, 1.807) is 12.3 Å². The summed E-state index contributed by atoms with van der Waals surface area (Å²) in [6, 6.07) is 9.49. The molecule has 0 atom stereocenters. The van der Waals surface area contributed by atoms with Gasteiger partial charge in [0, 0.05) is 11.8 Å². The second kappa shape index (κ2) is 8.25. The van der Waals surface area contributed by atoms with Gasteiger partial charge < -0.3 is 4.84 Å². The first kappa shape index (κ1) is 15.3. The second-order valence-corrected chi connectivity index (χ2v) is 4.12. The van der Waals surface area contributed by atoms with Gasteiger partial charge in [-0.1, -0.05) is 48.1 Å². The lowest BCUT2D eigenvalue weighted by molar-refractivity contribution is 0.185. The molecule has 0 spiro atoms. The minimum atomic E-state index is 0.196. The normalized spacial score (nSPS) is 12.6. The van der Waals surface area contributed by atoms with Crippen LogP contribution in [0.3, 0.4) is 0 Å². The monoisotopic (exact) mass is 296 g/mol. The quantitative estimate of drug-likeness (QED) is 0.626. The van der Waals surface area contributed by atoms with E-state index in [0.717, 1.165) is 5.56 Å². The highest BCUT2D eigenvalue weighted by molar-refractivity contribution is 6.10. The van der Waals surface area contributed by atoms with Crippen molar-refractivity contribution in [2.24, 2.45) is 10.1 Å². The van der Waals surface area contributed by atoms with Crippen molar-refractivity contribution in [2.45, 2.75) is 6.92 Å². The fourth-order valence-corrected chi connectivity index (χ4v) is 1.56. The van der Waals surface area contributed by atoms with Crippen LogP contribution in [-0.4, -0.2) is 38.7 Å². The Morgan fingerprint density at radius 2 is 2.18 bits per heavy atom. The van der Waals surface area contributed by atoms with Gasteiger partial charge in [-0.15, -0.1) is 10.2 Å². The largest absolute Gasteiger partial charge is 0.389 e. The fraction of sp³-hybridized carbons (Fsp3) is 0.133. The summed E-state index contributed by atoms with van der Waals surface area (Å²) in [4.78, 5) is 9.52. The average Bonchev–Trinajstić information content (AvgIpc) is 3.09. The smallest absolute Gasteiger partial charge is 0.226 e. The maximum absolute atomic E-state index is 5.35. The Hall–Kier alpha value is -3.09. The van der Waals surface area contributed by atoms with Gasteiger partial charge in [0.25, 0.3) is 0 Å². The van der Waals surface area contributed by atoms with E-state index in [9.17, 15) is 0 Å². The second-order valence-electron chi connectivity index (χ2n) is 4.12. The van der Waals surface area contributed by atoms with E-state index in [1.165, 1.54) is 0 Å². The van der Waals surface area contributed by atoms with Crippen molar-refractivity contribution in [1.82, 2.24) is 20.6 Å². The minimum Gasteiger partial charge on any atom is -0.389 e. The van der Waals surface area contributed by atoms with Crippen LogP contribution < -0.4 is 0 Å². The van der Waals surface area contributed by atoms with Crippen molar-refractivity contribution in [3.05, 3.63) is 66.7 Å². The molecule has 0 unspecified atom stereocenters. The molecule has 0 aliphatic heterocycles. The summed E-state index contributed by atoms with van der Waals surface area (Å²) in [5.41, 5.74) is 1.99. The Morgan fingerprint density at radius 3 is 2.82 bits per heavy atom. The number of oxime groups is 1. The first-order chi connectivity index (χ1) is 10.8. The minimum absolute atomic E-state index is 0.196. The molecule has 7 heteroatoms. The van der Waals surface area contributed by atoms with E-state index < -0.39 is 0 Å². The molecule has 1 heterocycles. The maximum atomic E-state index is 5.35. The number of aromatic amines is 1. The van der Waals surface area contributed by atoms with Crippen molar-refractivity contribution < 1.29 is 4.84 Å². The summed E-state index contributed by atoms with van der Waals surface area (Å²) >= 11 is 0. The predicted molar refractivity (Wildman–Crippen MR) is 84.7 cm³/mol. The molecule has 0 aliphatic carbocycles. The van der Waals surface area contributed by atoms with Gasteiger partial charge in [0.05, 0.1) is 5.71 Å². The van der Waals surface area contributed by atoms with E-state index in [0.29, 0.717) is 17.2 Å².